The molecule has 19 heavy (non-hydrogen) atoms. The first kappa shape index (κ1) is 16.5. The smallest absolute Gasteiger partial charge is 0.872 e. The second-order valence-electron chi connectivity index (χ2n) is 3.39. The standard InChI is InChI=1S/C11H10N2O3S2.Na/c1-18(16)9-6-12-11(17-9)13-10(15)7-4-2-3-5-8(7)14;/h2-6,14H,1H3,(H,12,13,15);/q;+1/p-1. The normalized spacial score (nSPS) is 11.5. The number of nitrogens with one attached hydrogen (secondary N) is 1. The molecule has 5 nitrogen and oxygen atoms in total. The predicted molar refractivity (Wildman–Crippen MR) is 68.3 cm³/mol. The van der Waals surface area contributed by atoms with Crippen LogP contribution < -0.4 is 40.0 Å². The first-order valence-electron chi connectivity index (χ1n) is 4.94. The maximum absolute atomic E-state index is 11.8. The van der Waals surface area contributed by atoms with E-state index >= 15 is 0 Å². The second kappa shape index (κ2) is 7.28. The molecule has 0 aliphatic rings. The van der Waals surface area contributed by atoms with Gasteiger partial charge < -0.3 is 9.66 Å². The van der Waals surface area contributed by atoms with Gasteiger partial charge in [-0.1, -0.05) is 30.0 Å². The van der Waals surface area contributed by atoms with Crippen molar-refractivity contribution >= 4 is 33.6 Å². The Labute approximate surface area is 139 Å². The third-order valence-corrected chi connectivity index (χ3v) is 4.45. The Hall–Kier alpha value is -0.570. The molecule has 2 rings (SSSR count). The van der Waals surface area contributed by atoms with Gasteiger partial charge in [0.25, 0.3) is 5.91 Å². The zero-order valence-electron chi connectivity index (χ0n) is 10.4. The number of amides is 1. The molecule has 0 saturated heterocycles. The fourth-order valence-electron chi connectivity index (χ4n) is 1.27. The fraction of sp³-hybridized carbons (Fsp3) is 0.0909. The van der Waals surface area contributed by atoms with E-state index < -0.39 is 17.1 Å². The number of rotatable bonds is 3. The van der Waals surface area contributed by atoms with E-state index in [1.165, 1.54) is 24.6 Å². The third-order valence-electron chi connectivity index (χ3n) is 2.12. The van der Waals surface area contributed by atoms with E-state index in [4.69, 9.17) is 0 Å². The minimum atomic E-state index is -1.13. The largest absolute Gasteiger partial charge is 1.00 e. The van der Waals surface area contributed by atoms with Crippen molar-refractivity contribution < 1.29 is 44.0 Å². The van der Waals surface area contributed by atoms with E-state index in [1.54, 1.807) is 12.1 Å². The number of carbonyl (C=O) groups is 1. The van der Waals surface area contributed by atoms with Crippen LogP contribution in [-0.4, -0.2) is 21.7 Å². The molecule has 0 radical (unpaired) electrons. The topological polar surface area (TPSA) is 88.1 Å². The van der Waals surface area contributed by atoms with E-state index in [0.29, 0.717) is 9.34 Å². The monoisotopic (exact) mass is 304 g/mol. The molecule has 0 aliphatic carbocycles. The summed E-state index contributed by atoms with van der Waals surface area (Å²) >= 11 is -0.00426. The Kier molecular flexibility index (Phi) is 6.31. The number of benzene rings is 1. The quantitative estimate of drug-likeness (QED) is 0.536. The van der Waals surface area contributed by atoms with Crippen molar-refractivity contribution in [3.63, 3.8) is 0 Å². The van der Waals surface area contributed by atoms with Crippen LogP contribution in [0.5, 0.6) is 5.75 Å². The molecule has 1 aromatic heterocycles. The Morgan fingerprint density at radius 1 is 1.42 bits per heavy atom. The summed E-state index contributed by atoms with van der Waals surface area (Å²) in [5.41, 5.74) is 0.0619. The summed E-state index contributed by atoms with van der Waals surface area (Å²) in [6, 6.07) is 5.96. The van der Waals surface area contributed by atoms with Crippen LogP contribution in [0.2, 0.25) is 0 Å². The number of carbonyl (C=O) groups excluding carboxylic acids is 1. The number of nitrogens with zero attached hydrogens (tertiary/aromatic N) is 1. The zero-order valence-corrected chi connectivity index (χ0v) is 14.0. The molecular formula is C11H9N2NaO3S2. The van der Waals surface area contributed by atoms with Crippen molar-refractivity contribution in [2.45, 2.75) is 4.21 Å². The van der Waals surface area contributed by atoms with E-state index in [0.717, 1.165) is 11.3 Å². The number of thiazole rings is 1. The van der Waals surface area contributed by atoms with Crippen LogP contribution in [0.25, 0.3) is 0 Å². The second-order valence-corrected chi connectivity index (χ2v) is 6.03. The molecule has 1 aromatic carbocycles. The van der Waals surface area contributed by atoms with Crippen molar-refractivity contribution in [2.24, 2.45) is 0 Å². The summed E-state index contributed by atoms with van der Waals surface area (Å²) in [6.07, 6.45) is 2.98. The third kappa shape index (κ3) is 4.20. The summed E-state index contributed by atoms with van der Waals surface area (Å²) in [4.78, 5) is 15.7. The SMILES string of the molecule is C[S+]([O-])c1cnc(NC(=O)c2ccccc2[O-])s1.[Na+]. The molecule has 1 heterocycles. The molecule has 0 bridgehead atoms. The molecule has 0 fully saturated rings. The van der Waals surface area contributed by atoms with Gasteiger partial charge in [-0.2, -0.15) is 0 Å². The number of para-hydroxylation sites is 1. The first-order chi connectivity index (χ1) is 8.58. The van der Waals surface area contributed by atoms with E-state index in [1.807, 2.05) is 0 Å². The number of hydrogen-bond acceptors (Lipinski definition) is 5. The molecule has 0 aliphatic heterocycles. The van der Waals surface area contributed by atoms with Crippen LogP contribution in [0.15, 0.2) is 34.7 Å². The number of hydrogen-bond donors (Lipinski definition) is 1. The van der Waals surface area contributed by atoms with Gasteiger partial charge in [0.05, 0.1) is 6.20 Å². The average Bonchev–Trinajstić information content (AvgIpc) is 2.78. The summed E-state index contributed by atoms with van der Waals surface area (Å²) < 4.78 is 11.8. The maximum atomic E-state index is 11.8. The van der Waals surface area contributed by atoms with Gasteiger partial charge >= 0.3 is 29.6 Å². The van der Waals surface area contributed by atoms with Crippen LogP contribution in [0, 0.1) is 0 Å². The number of aromatic nitrogens is 1. The molecule has 94 valence electrons. The molecule has 0 saturated carbocycles. The Morgan fingerprint density at radius 3 is 2.68 bits per heavy atom. The van der Waals surface area contributed by atoms with Gasteiger partial charge in [-0.05, 0) is 22.5 Å². The predicted octanol–water partition coefficient (Wildman–Crippen LogP) is -1.79. The van der Waals surface area contributed by atoms with Gasteiger partial charge in [-0.25, -0.2) is 4.98 Å². The van der Waals surface area contributed by atoms with Crippen molar-refractivity contribution in [1.29, 1.82) is 0 Å². The Morgan fingerprint density at radius 2 is 2.11 bits per heavy atom. The number of anilines is 1. The molecular weight excluding hydrogens is 295 g/mol. The summed E-state index contributed by atoms with van der Waals surface area (Å²) in [7, 11) is 0. The van der Waals surface area contributed by atoms with Gasteiger partial charge in [0.1, 0.15) is 6.26 Å². The molecule has 2 aromatic rings. The fourth-order valence-corrected chi connectivity index (χ4v) is 2.72. The van der Waals surface area contributed by atoms with Crippen LogP contribution in [-0.2, 0) is 11.2 Å². The van der Waals surface area contributed by atoms with Crippen molar-refractivity contribution in [3.05, 3.63) is 36.0 Å². The summed E-state index contributed by atoms with van der Waals surface area (Å²) in [5.74, 6) is -0.853. The average molecular weight is 304 g/mol. The van der Waals surface area contributed by atoms with Crippen molar-refractivity contribution in [3.8, 4) is 5.75 Å². The molecule has 1 amide bonds. The van der Waals surface area contributed by atoms with Gasteiger partial charge in [-0.3, -0.25) is 10.1 Å². The van der Waals surface area contributed by atoms with Crippen LogP contribution in [0.4, 0.5) is 5.13 Å². The van der Waals surface area contributed by atoms with Crippen LogP contribution in [0.3, 0.4) is 0 Å². The van der Waals surface area contributed by atoms with Gasteiger partial charge in [0.15, 0.2) is 5.13 Å². The van der Waals surface area contributed by atoms with Gasteiger partial charge in [0, 0.05) is 5.56 Å². The first-order valence-corrected chi connectivity index (χ1v) is 7.32. The van der Waals surface area contributed by atoms with Crippen LogP contribution in [0.1, 0.15) is 10.4 Å². The van der Waals surface area contributed by atoms with E-state index in [-0.39, 0.29) is 40.9 Å². The summed E-state index contributed by atoms with van der Waals surface area (Å²) in [6.45, 7) is 0. The van der Waals surface area contributed by atoms with Gasteiger partial charge in [0.2, 0.25) is 4.21 Å². The maximum Gasteiger partial charge on any atom is 1.00 e. The molecule has 1 unspecified atom stereocenters. The molecule has 0 spiro atoms. The van der Waals surface area contributed by atoms with Crippen molar-refractivity contribution in [1.82, 2.24) is 4.98 Å². The van der Waals surface area contributed by atoms with Gasteiger partial charge in [-0.15, -0.1) is 0 Å². The zero-order chi connectivity index (χ0) is 13.1. The minimum absolute atomic E-state index is 0. The van der Waals surface area contributed by atoms with Crippen molar-refractivity contribution in [2.75, 3.05) is 11.6 Å². The molecule has 1 atom stereocenters. The summed E-state index contributed by atoms with van der Waals surface area (Å²) in [5, 5.41) is 14.3. The van der Waals surface area contributed by atoms with E-state index in [9.17, 15) is 14.5 Å². The van der Waals surface area contributed by atoms with Crippen LogP contribution >= 0.6 is 11.3 Å². The minimum Gasteiger partial charge on any atom is -0.872 e. The Balaban J connectivity index is 0.00000180. The molecule has 1 N–H and O–H groups in total. The van der Waals surface area contributed by atoms with E-state index in [2.05, 4.69) is 10.3 Å². The Bertz CT molecular complexity index is 575. The molecule has 8 heteroatoms.